The molecule has 2 rings (SSSR count). The van der Waals surface area contributed by atoms with E-state index < -0.39 is 0 Å². The number of nitrogens with one attached hydrogen (secondary N) is 1. The molecule has 0 radical (unpaired) electrons. The van der Waals surface area contributed by atoms with Gasteiger partial charge in [-0.3, -0.25) is 0 Å². The van der Waals surface area contributed by atoms with Gasteiger partial charge in [-0.1, -0.05) is 15.9 Å². The van der Waals surface area contributed by atoms with Crippen molar-refractivity contribution in [2.75, 3.05) is 6.61 Å². The number of halogens is 1. The minimum absolute atomic E-state index is 0.0601. The molecule has 0 saturated heterocycles. The smallest absolute Gasteiger partial charge is 0.134 e. The van der Waals surface area contributed by atoms with Gasteiger partial charge < -0.3 is 14.8 Å². The summed E-state index contributed by atoms with van der Waals surface area (Å²) in [5.74, 6) is 0.887. The van der Waals surface area contributed by atoms with Crippen molar-refractivity contribution in [1.82, 2.24) is 5.32 Å². The maximum absolute atomic E-state index is 9.01. The van der Waals surface area contributed by atoms with E-state index in [0.717, 1.165) is 21.2 Å². The Morgan fingerprint density at radius 2 is 2.12 bits per heavy atom. The van der Waals surface area contributed by atoms with E-state index in [-0.39, 0.29) is 18.7 Å². The summed E-state index contributed by atoms with van der Waals surface area (Å²) in [4.78, 5) is 0. The number of furan rings is 1. The van der Waals surface area contributed by atoms with Crippen molar-refractivity contribution in [3.63, 3.8) is 0 Å². The normalized spacial score (nSPS) is 15.1. The third-order valence-electron chi connectivity index (χ3n) is 2.73. The van der Waals surface area contributed by atoms with Crippen LogP contribution in [0.15, 0.2) is 33.2 Å². The van der Waals surface area contributed by atoms with Gasteiger partial charge in [0.25, 0.3) is 0 Å². The zero-order valence-corrected chi connectivity index (χ0v) is 11.5. The second-order valence-electron chi connectivity index (χ2n) is 4.30. The predicted octanol–water partition coefficient (Wildman–Crippen LogP) is 3.23. The number of aliphatic hydroxyl groups is 1. The van der Waals surface area contributed by atoms with Crippen molar-refractivity contribution >= 4 is 26.9 Å². The Hall–Kier alpha value is -0.840. The topological polar surface area (TPSA) is 45.4 Å². The molecule has 0 aliphatic rings. The Morgan fingerprint density at radius 3 is 2.82 bits per heavy atom. The first-order valence-electron chi connectivity index (χ1n) is 5.66. The molecule has 92 valence electrons. The van der Waals surface area contributed by atoms with Gasteiger partial charge in [0.15, 0.2) is 0 Å². The van der Waals surface area contributed by atoms with Crippen LogP contribution in [-0.2, 0) is 0 Å². The summed E-state index contributed by atoms with van der Waals surface area (Å²) in [5, 5.41) is 13.4. The highest BCUT2D eigenvalue weighted by molar-refractivity contribution is 9.10. The Balaban J connectivity index is 2.24. The molecule has 17 heavy (non-hydrogen) atoms. The van der Waals surface area contributed by atoms with Crippen LogP contribution in [0.5, 0.6) is 0 Å². The van der Waals surface area contributed by atoms with Gasteiger partial charge in [0, 0.05) is 15.9 Å². The van der Waals surface area contributed by atoms with E-state index in [1.807, 2.05) is 38.1 Å². The van der Waals surface area contributed by atoms with E-state index in [1.54, 1.807) is 0 Å². The molecule has 0 bridgehead atoms. The molecule has 0 spiro atoms. The fourth-order valence-corrected chi connectivity index (χ4v) is 2.19. The standard InChI is InChI=1S/C13H16BrNO2/c1-8(7-16)15-9(2)13-6-10-5-11(14)3-4-12(10)17-13/h3-6,8-9,15-16H,7H2,1-2H3/t8-,9?/m1/s1. The summed E-state index contributed by atoms with van der Waals surface area (Å²) < 4.78 is 6.81. The van der Waals surface area contributed by atoms with E-state index in [4.69, 9.17) is 9.52 Å². The lowest BCUT2D eigenvalue weighted by Gasteiger charge is -2.15. The molecule has 0 fully saturated rings. The average Bonchev–Trinajstić information content (AvgIpc) is 2.71. The Bertz CT molecular complexity index is 509. The number of benzene rings is 1. The van der Waals surface area contributed by atoms with Crippen molar-refractivity contribution in [3.8, 4) is 0 Å². The van der Waals surface area contributed by atoms with E-state index in [2.05, 4.69) is 21.2 Å². The SMILES string of the molecule is CC(N[C@H](C)CO)c1cc2cc(Br)ccc2o1. The lowest BCUT2D eigenvalue weighted by molar-refractivity contribution is 0.239. The Labute approximate surface area is 109 Å². The molecule has 0 aliphatic heterocycles. The van der Waals surface area contributed by atoms with Crippen LogP contribution >= 0.6 is 15.9 Å². The molecular weight excluding hydrogens is 282 g/mol. The number of fused-ring (bicyclic) bond motifs is 1. The maximum atomic E-state index is 9.01. The lowest BCUT2D eigenvalue weighted by Crippen LogP contribution is -2.31. The fourth-order valence-electron chi connectivity index (χ4n) is 1.81. The molecule has 1 aromatic heterocycles. The zero-order chi connectivity index (χ0) is 12.4. The maximum Gasteiger partial charge on any atom is 0.134 e. The molecule has 0 saturated carbocycles. The van der Waals surface area contributed by atoms with Crippen molar-refractivity contribution in [3.05, 3.63) is 34.5 Å². The molecule has 0 amide bonds. The van der Waals surface area contributed by atoms with Gasteiger partial charge in [0.2, 0.25) is 0 Å². The molecule has 1 heterocycles. The van der Waals surface area contributed by atoms with Crippen LogP contribution in [0.2, 0.25) is 0 Å². The highest BCUT2D eigenvalue weighted by Gasteiger charge is 2.13. The molecule has 2 atom stereocenters. The number of aliphatic hydroxyl groups excluding tert-OH is 1. The first-order chi connectivity index (χ1) is 8.10. The average molecular weight is 298 g/mol. The van der Waals surface area contributed by atoms with E-state index in [0.29, 0.717) is 0 Å². The fraction of sp³-hybridized carbons (Fsp3) is 0.385. The molecule has 4 heteroatoms. The van der Waals surface area contributed by atoms with Crippen LogP contribution in [0.3, 0.4) is 0 Å². The third kappa shape index (κ3) is 2.89. The monoisotopic (exact) mass is 297 g/mol. The van der Waals surface area contributed by atoms with E-state index in [1.165, 1.54) is 0 Å². The molecule has 2 aromatic rings. The molecule has 1 unspecified atom stereocenters. The molecule has 0 aliphatic carbocycles. The molecule has 1 aromatic carbocycles. The van der Waals surface area contributed by atoms with Gasteiger partial charge in [-0.25, -0.2) is 0 Å². The van der Waals surface area contributed by atoms with Crippen LogP contribution in [0.25, 0.3) is 11.0 Å². The summed E-state index contributed by atoms with van der Waals surface area (Å²) in [5.41, 5.74) is 0.883. The van der Waals surface area contributed by atoms with Crippen molar-refractivity contribution in [1.29, 1.82) is 0 Å². The first kappa shape index (κ1) is 12.6. The molecular formula is C13H16BrNO2. The van der Waals surface area contributed by atoms with Gasteiger partial charge in [-0.05, 0) is 38.1 Å². The highest BCUT2D eigenvalue weighted by Crippen LogP contribution is 2.26. The van der Waals surface area contributed by atoms with Crippen LogP contribution in [-0.4, -0.2) is 17.8 Å². The summed E-state index contributed by atoms with van der Waals surface area (Å²) in [6.45, 7) is 4.09. The van der Waals surface area contributed by atoms with Gasteiger partial charge in [0.1, 0.15) is 11.3 Å². The van der Waals surface area contributed by atoms with Crippen molar-refractivity contribution in [2.24, 2.45) is 0 Å². The van der Waals surface area contributed by atoms with E-state index >= 15 is 0 Å². The number of hydrogen-bond acceptors (Lipinski definition) is 3. The zero-order valence-electron chi connectivity index (χ0n) is 9.90. The second-order valence-corrected chi connectivity index (χ2v) is 5.22. The van der Waals surface area contributed by atoms with Gasteiger partial charge in [-0.15, -0.1) is 0 Å². The van der Waals surface area contributed by atoms with Crippen molar-refractivity contribution in [2.45, 2.75) is 25.9 Å². The van der Waals surface area contributed by atoms with Gasteiger partial charge in [-0.2, -0.15) is 0 Å². The minimum atomic E-state index is 0.0601. The summed E-state index contributed by atoms with van der Waals surface area (Å²) in [7, 11) is 0. The van der Waals surface area contributed by atoms with Crippen LogP contribution in [0, 0.1) is 0 Å². The summed E-state index contributed by atoms with van der Waals surface area (Å²) >= 11 is 3.44. The largest absolute Gasteiger partial charge is 0.459 e. The summed E-state index contributed by atoms with van der Waals surface area (Å²) in [6.07, 6.45) is 0. The quantitative estimate of drug-likeness (QED) is 0.911. The van der Waals surface area contributed by atoms with Crippen LogP contribution in [0.1, 0.15) is 25.6 Å². The van der Waals surface area contributed by atoms with Crippen LogP contribution < -0.4 is 5.32 Å². The van der Waals surface area contributed by atoms with E-state index in [9.17, 15) is 0 Å². The third-order valence-corrected chi connectivity index (χ3v) is 3.23. The Kier molecular flexibility index (Phi) is 3.86. The highest BCUT2D eigenvalue weighted by atomic mass is 79.9. The van der Waals surface area contributed by atoms with Gasteiger partial charge >= 0.3 is 0 Å². The molecule has 2 N–H and O–H groups in total. The number of rotatable bonds is 4. The first-order valence-corrected chi connectivity index (χ1v) is 6.45. The number of hydrogen-bond donors (Lipinski definition) is 2. The molecule has 3 nitrogen and oxygen atoms in total. The summed E-state index contributed by atoms with van der Waals surface area (Å²) in [6, 6.07) is 8.12. The van der Waals surface area contributed by atoms with Crippen LogP contribution in [0.4, 0.5) is 0 Å². The minimum Gasteiger partial charge on any atom is -0.459 e. The van der Waals surface area contributed by atoms with Gasteiger partial charge in [0.05, 0.1) is 12.6 Å². The predicted molar refractivity (Wildman–Crippen MR) is 72.0 cm³/mol. The second kappa shape index (κ2) is 5.21. The van der Waals surface area contributed by atoms with Crippen molar-refractivity contribution < 1.29 is 9.52 Å². The Morgan fingerprint density at radius 1 is 1.35 bits per heavy atom. The lowest BCUT2D eigenvalue weighted by atomic mass is 10.2.